The maximum absolute atomic E-state index is 13.8. The van der Waals surface area contributed by atoms with Gasteiger partial charge in [0.25, 0.3) is 5.91 Å². The van der Waals surface area contributed by atoms with E-state index in [1.807, 2.05) is 17.0 Å². The lowest BCUT2D eigenvalue weighted by molar-refractivity contribution is -0.182. The number of hydrogen-bond acceptors (Lipinski definition) is 5. The molecule has 0 aromatic heterocycles. The van der Waals surface area contributed by atoms with Crippen molar-refractivity contribution >= 4 is 17.7 Å². The number of fused-ring (bicyclic) bond motifs is 1. The Morgan fingerprint density at radius 3 is 2.61 bits per heavy atom. The highest BCUT2D eigenvalue weighted by Crippen LogP contribution is 2.30. The van der Waals surface area contributed by atoms with Crippen molar-refractivity contribution in [3.63, 3.8) is 0 Å². The second-order valence-corrected chi connectivity index (χ2v) is 7.79. The molecule has 0 bridgehead atoms. The Hall–Kier alpha value is -2.39. The molecule has 1 saturated heterocycles. The summed E-state index contributed by atoms with van der Waals surface area (Å²) in [5, 5.41) is 14.0. The van der Waals surface area contributed by atoms with Crippen LogP contribution in [0.15, 0.2) is 18.2 Å². The van der Waals surface area contributed by atoms with Crippen LogP contribution < -0.4 is 10.6 Å². The number of piperidine rings is 1. The van der Waals surface area contributed by atoms with Gasteiger partial charge in [-0.3, -0.25) is 24.6 Å². The second kappa shape index (κ2) is 7.21. The average molecular weight is 395 g/mol. The van der Waals surface area contributed by atoms with Gasteiger partial charge in [-0.15, -0.1) is 0 Å². The van der Waals surface area contributed by atoms with Crippen LogP contribution in [0, 0.1) is 0 Å². The predicted molar refractivity (Wildman–Crippen MR) is 95.0 cm³/mol. The van der Waals surface area contributed by atoms with Crippen LogP contribution in [0.4, 0.5) is 8.78 Å². The van der Waals surface area contributed by atoms with E-state index in [2.05, 4.69) is 10.6 Å². The maximum Gasteiger partial charge on any atom is 0.351 e. The SMILES string of the molecule is CC(C)(O)C(F)(F)C(=O)NCc1ccc2c(c1)CN(C1CCC(=O)NC1=O)C2. The Balaban J connectivity index is 1.63. The highest BCUT2D eigenvalue weighted by atomic mass is 19.3. The predicted octanol–water partition coefficient (Wildman–Crippen LogP) is 0.830. The molecule has 0 radical (unpaired) electrons. The van der Waals surface area contributed by atoms with Gasteiger partial charge in [0.2, 0.25) is 11.8 Å². The van der Waals surface area contributed by atoms with Crippen molar-refractivity contribution in [2.24, 2.45) is 0 Å². The van der Waals surface area contributed by atoms with Crippen molar-refractivity contribution in [1.82, 2.24) is 15.5 Å². The number of nitrogens with zero attached hydrogens (tertiary/aromatic N) is 1. The number of amides is 3. The summed E-state index contributed by atoms with van der Waals surface area (Å²) in [5.74, 6) is -6.01. The maximum atomic E-state index is 13.8. The molecule has 2 heterocycles. The lowest BCUT2D eigenvalue weighted by Crippen LogP contribution is -2.53. The zero-order chi connectivity index (χ0) is 20.7. The number of hydrogen-bond donors (Lipinski definition) is 3. The Labute approximate surface area is 161 Å². The van der Waals surface area contributed by atoms with Gasteiger partial charge in [0.1, 0.15) is 5.60 Å². The van der Waals surface area contributed by atoms with Crippen molar-refractivity contribution in [3.05, 3.63) is 34.9 Å². The highest BCUT2D eigenvalue weighted by molar-refractivity contribution is 6.00. The van der Waals surface area contributed by atoms with Crippen LogP contribution in [-0.2, 0) is 34.0 Å². The summed E-state index contributed by atoms with van der Waals surface area (Å²) in [6.07, 6.45) is 0.767. The molecule has 152 valence electrons. The van der Waals surface area contributed by atoms with E-state index in [0.29, 0.717) is 31.5 Å². The number of aliphatic hydroxyl groups is 1. The molecule has 3 amide bonds. The number of rotatable bonds is 5. The minimum absolute atomic E-state index is 0.101. The van der Waals surface area contributed by atoms with Crippen LogP contribution in [0.2, 0.25) is 0 Å². The summed E-state index contributed by atoms with van der Waals surface area (Å²) in [6.45, 7) is 2.72. The Morgan fingerprint density at radius 2 is 1.96 bits per heavy atom. The van der Waals surface area contributed by atoms with Crippen molar-refractivity contribution in [2.45, 2.75) is 63.9 Å². The van der Waals surface area contributed by atoms with E-state index < -0.39 is 17.4 Å². The third-order valence-electron chi connectivity index (χ3n) is 5.18. The largest absolute Gasteiger partial charge is 0.384 e. The number of benzene rings is 1. The van der Waals surface area contributed by atoms with Crippen LogP contribution >= 0.6 is 0 Å². The van der Waals surface area contributed by atoms with E-state index in [1.54, 1.807) is 6.07 Å². The molecule has 9 heteroatoms. The van der Waals surface area contributed by atoms with E-state index in [9.17, 15) is 28.3 Å². The second-order valence-electron chi connectivity index (χ2n) is 7.79. The summed E-state index contributed by atoms with van der Waals surface area (Å²) < 4.78 is 27.7. The molecule has 1 atom stereocenters. The normalized spacial score (nSPS) is 20.7. The number of alkyl halides is 2. The van der Waals surface area contributed by atoms with E-state index >= 15 is 0 Å². The average Bonchev–Trinajstić information content (AvgIpc) is 3.01. The molecule has 1 aromatic rings. The molecule has 2 aliphatic heterocycles. The van der Waals surface area contributed by atoms with Gasteiger partial charge in [0.15, 0.2) is 0 Å². The number of halogens is 2. The topological polar surface area (TPSA) is 98.7 Å². The standard InChI is InChI=1S/C19H23F2N3O4/c1-18(2,28)19(20,21)17(27)22-8-11-3-4-12-9-24(10-13(12)7-11)14-5-6-15(25)23-16(14)26/h3-4,7,14,28H,5-6,8-10H2,1-2H3,(H,22,27)(H,23,25,26). The third kappa shape index (κ3) is 3.90. The third-order valence-corrected chi connectivity index (χ3v) is 5.18. The molecule has 2 aliphatic rings. The molecule has 0 aliphatic carbocycles. The first-order chi connectivity index (χ1) is 13.0. The smallest absolute Gasteiger partial charge is 0.351 e. The molecular formula is C19H23F2N3O4. The van der Waals surface area contributed by atoms with Gasteiger partial charge in [0, 0.05) is 26.1 Å². The lowest BCUT2D eigenvalue weighted by atomic mass is 10.00. The van der Waals surface area contributed by atoms with E-state index in [4.69, 9.17) is 0 Å². The molecule has 7 nitrogen and oxygen atoms in total. The van der Waals surface area contributed by atoms with E-state index in [-0.39, 0.29) is 24.4 Å². The van der Waals surface area contributed by atoms with Gasteiger partial charge in [-0.1, -0.05) is 18.2 Å². The zero-order valence-electron chi connectivity index (χ0n) is 15.7. The van der Waals surface area contributed by atoms with Crippen LogP contribution in [0.1, 0.15) is 43.4 Å². The first kappa shape index (κ1) is 20.3. The Bertz CT molecular complexity index is 820. The van der Waals surface area contributed by atoms with Crippen molar-refractivity contribution in [3.8, 4) is 0 Å². The zero-order valence-corrected chi connectivity index (χ0v) is 15.7. The first-order valence-corrected chi connectivity index (χ1v) is 9.06. The fraction of sp³-hybridized carbons (Fsp3) is 0.526. The summed E-state index contributed by atoms with van der Waals surface area (Å²) >= 11 is 0. The molecular weight excluding hydrogens is 372 g/mol. The van der Waals surface area contributed by atoms with Crippen LogP contribution in [0.25, 0.3) is 0 Å². The van der Waals surface area contributed by atoms with Gasteiger partial charge in [-0.05, 0) is 37.0 Å². The molecule has 0 saturated carbocycles. The lowest BCUT2D eigenvalue weighted by Gasteiger charge is -2.29. The molecule has 1 fully saturated rings. The van der Waals surface area contributed by atoms with E-state index in [0.717, 1.165) is 25.0 Å². The van der Waals surface area contributed by atoms with Gasteiger partial charge >= 0.3 is 5.92 Å². The highest BCUT2D eigenvalue weighted by Gasteiger charge is 2.52. The van der Waals surface area contributed by atoms with Crippen molar-refractivity contribution in [2.75, 3.05) is 0 Å². The van der Waals surface area contributed by atoms with Crippen LogP contribution in [0.5, 0.6) is 0 Å². The molecule has 1 unspecified atom stereocenters. The number of imide groups is 1. The fourth-order valence-corrected chi connectivity index (χ4v) is 3.41. The summed E-state index contributed by atoms with van der Waals surface area (Å²) in [7, 11) is 0. The molecule has 3 N–H and O–H groups in total. The van der Waals surface area contributed by atoms with E-state index in [1.165, 1.54) is 0 Å². The number of carbonyl (C=O) groups is 3. The molecule has 0 spiro atoms. The van der Waals surface area contributed by atoms with Crippen molar-refractivity contribution < 1.29 is 28.3 Å². The first-order valence-electron chi connectivity index (χ1n) is 9.06. The van der Waals surface area contributed by atoms with Gasteiger partial charge in [-0.25, -0.2) is 0 Å². The van der Waals surface area contributed by atoms with Crippen LogP contribution in [0.3, 0.4) is 0 Å². The van der Waals surface area contributed by atoms with Crippen LogP contribution in [-0.4, -0.2) is 45.3 Å². The Kier molecular flexibility index (Phi) is 5.24. The molecule has 3 rings (SSSR count). The quantitative estimate of drug-likeness (QED) is 0.642. The summed E-state index contributed by atoms with van der Waals surface area (Å²) in [6, 6.07) is 5.01. The monoisotopic (exact) mass is 395 g/mol. The fourth-order valence-electron chi connectivity index (χ4n) is 3.41. The summed E-state index contributed by atoms with van der Waals surface area (Å²) in [5.41, 5.74) is 0.147. The van der Waals surface area contributed by atoms with Gasteiger partial charge in [-0.2, -0.15) is 8.78 Å². The number of nitrogens with one attached hydrogen (secondary N) is 2. The molecule has 28 heavy (non-hydrogen) atoms. The van der Waals surface area contributed by atoms with Gasteiger partial charge in [0.05, 0.1) is 6.04 Å². The number of carbonyl (C=O) groups excluding carboxylic acids is 3. The minimum Gasteiger partial charge on any atom is -0.384 e. The van der Waals surface area contributed by atoms with Crippen molar-refractivity contribution in [1.29, 1.82) is 0 Å². The summed E-state index contributed by atoms with van der Waals surface area (Å²) in [4.78, 5) is 37.1. The minimum atomic E-state index is -3.91. The Morgan fingerprint density at radius 1 is 1.29 bits per heavy atom. The van der Waals surface area contributed by atoms with Gasteiger partial charge < -0.3 is 10.4 Å². The molecule has 1 aromatic carbocycles.